The second-order valence-corrected chi connectivity index (χ2v) is 4.18. The molecule has 0 fully saturated rings. The van der Waals surface area contributed by atoms with Crippen LogP contribution in [0.5, 0.6) is 0 Å². The first kappa shape index (κ1) is 12.2. The molecule has 0 spiro atoms. The van der Waals surface area contributed by atoms with Crippen LogP contribution in [0.1, 0.15) is 12.5 Å². The lowest BCUT2D eigenvalue weighted by Gasteiger charge is -2.22. The standard InChI is InChI=1S/C12H13ClF2/c1-3-12(2,8-13)7-9-4-5-10(14)11(15)6-9/h3-6H,1,7-8H2,2H3. The molecule has 0 radical (unpaired) electrons. The van der Waals surface area contributed by atoms with Gasteiger partial charge in [-0.1, -0.05) is 19.1 Å². The van der Waals surface area contributed by atoms with Crippen LogP contribution in [-0.4, -0.2) is 5.88 Å². The fourth-order valence-corrected chi connectivity index (χ4v) is 1.49. The van der Waals surface area contributed by atoms with Gasteiger partial charge in [-0.3, -0.25) is 0 Å². The highest BCUT2D eigenvalue weighted by Crippen LogP contribution is 2.26. The fraction of sp³-hybridized carbons (Fsp3) is 0.333. The molecule has 0 nitrogen and oxygen atoms in total. The number of allylic oxidation sites excluding steroid dienone is 1. The fourth-order valence-electron chi connectivity index (χ4n) is 1.29. The van der Waals surface area contributed by atoms with E-state index in [4.69, 9.17) is 11.6 Å². The topological polar surface area (TPSA) is 0 Å². The van der Waals surface area contributed by atoms with Gasteiger partial charge in [0.25, 0.3) is 0 Å². The van der Waals surface area contributed by atoms with Gasteiger partial charge in [-0.25, -0.2) is 8.78 Å². The van der Waals surface area contributed by atoms with Gasteiger partial charge in [0.05, 0.1) is 0 Å². The number of hydrogen-bond donors (Lipinski definition) is 0. The lowest BCUT2D eigenvalue weighted by atomic mass is 9.86. The maximum atomic E-state index is 12.9. The van der Waals surface area contributed by atoms with Gasteiger partial charge in [0.1, 0.15) is 0 Å². The van der Waals surface area contributed by atoms with Crippen LogP contribution < -0.4 is 0 Å². The third-order valence-corrected chi connectivity index (χ3v) is 3.00. The van der Waals surface area contributed by atoms with Gasteiger partial charge in [0.15, 0.2) is 11.6 Å². The highest BCUT2D eigenvalue weighted by atomic mass is 35.5. The Balaban J connectivity index is 2.89. The summed E-state index contributed by atoms with van der Waals surface area (Å²) in [6, 6.07) is 3.89. The number of rotatable bonds is 4. The van der Waals surface area contributed by atoms with Crippen molar-refractivity contribution in [3.63, 3.8) is 0 Å². The summed E-state index contributed by atoms with van der Waals surface area (Å²) >= 11 is 5.79. The summed E-state index contributed by atoms with van der Waals surface area (Å²) in [4.78, 5) is 0. The van der Waals surface area contributed by atoms with Crippen molar-refractivity contribution in [2.75, 3.05) is 5.88 Å². The summed E-state index contributed by atoms with van der Waals surface area (Å²) in [6.45, 7) is 5.61. The Bertz CT molecular complexity index is 363. The van der Waals surface area contributed by atoms with E-state index in [1.807, 2.05) is 6.92 Å². The summed E-state index contributed by atoms with van der Waals surface area (Å²) in [5.74, 6) is -1.26. The van der Waals surface area contributed by atoms with E-state index < -0.39 is 11.6 Å². The SMILES string of the molecule is C=CC(C)(CCl)Cc1ccc(F)c(F)c1. The molecule has 1 rings (SSSR count). The van der Waals surface area contributed by atoms with Crippen LogP contribution in [0, 0.1) is 17.0 Å². The van der Waals surface area contributed by atoms with Crippen molar-refractivity contribution in [3.8, 4) is 0 Å². The van der Waals surface area contributed by atoms with Gasteiger partial charge < -0.3 is 0 Å². The van der Waals surface area contributed by atoms with E-state index >= 15 is 0 Å². The van der Waals surface area contributed by atoms with Gasteiger partial charge in [0, 0.05) is 11.3 Å². The number of benzene rings is 1. The van der Waals surface area contributed by atoms with Crippen LogP contribution in [-0.2, 0) is 6.42 Å². The molecule has 0 aliphatic rings. The maximum absolute atomic E-state index is 12.9. The Hall–Kier alpha value is -0.890. The number of alkyl halides is 1. The van der Waals surface area contributed by atoms with Gasteiger partial charge in [-0.05, 0) is 24.1 Å². The quantitative estimate of drug-likeness (QED) is 0.543. The summed E-state index contributed by atoms with van der Waals surface area (Å²) in [5.41, 5.74) is 0.434. The monoisotopic (exact) mass is 230 g/mol. The first-order valence-electron chi connectivity index (χ1n) is 4.64. The molecule has 0 saturated carbocycles. The minimum atomic E-state index is -0.829. The van der Waals surface area contributed by atoms with Gasteiger partial charge in [0.2, 0.25) is 0 Å². The molecule has 0 heterocycles. The normalized spacial score (nSPS) is 14.7. The molecule has 1 atom stereocenters. The maximum Gasteiger partial charge on any atom is 0.159 e. The minimum Gasteiger partial charge on any atom is -0.204 e. The Morgan fingerprint density at radius 2 is 2.07 bits per heavy atom. The summed E-state index contributed by atoms with van der Waals surface area (Å²) in [5, 5.41) is 0. The second kappa shape index (κ2) is 4.75. The smallest absolute Gasteiger partial charge is 0.159 e. The molecule has 82 valence electrons. The van der Waals surface area contributed by atoms with Crippen molar-refractivity contribution in [2.24, 2.45) is 5.41 Å². The van der Waals surface area contributed by atoms with Crippen LogP contribution in [0.2, 0.25) is 0 Å². The summed E-state index contributed by atoms with van der Waals surface area (Å²) in [6.07, 6.45) is 2.29. The molecule has 0 aliphatic heterocycles. The first-order chi connectivity index (χ1) is 7.00. The minimum absolute atomic E-state index is 0.286. The van der Waals surface area contributed by atoms with Gasteiger partial charge >= 0.3 is 0 Å². The van der Waals surface area contributed by atoms with Gasteiger partial charge in [-0.15, -0.1) is 18.2 Å². The third kappa shape index (κ3) is 3.03. The average Bonchev–Trinajstić information content (AvgIpc) is 2.23. The van der Waals surface area contributed by atoms with E-state index in [-0.39, 0.29) is 5.41 Å². The Morgan fingerprint density at radius 3 is 2.53 bits per heavy atom. The van der Waals surface area contributed by atoms with E-state index in [0.717, 1.165) is 11.6 Å². The zero-order valence-electron chi connectivity index (χ0n) is 8.56. The average molecular weight is 231 g/mol. The zero-order valence-corrected chi connectivity index (χ0v) is 9.32. The van der Waals surface area contributed by atoms with Crippen molar-refractivity contribution in [2.45, 2.75) is 13.3 Å². The largest absolute Gasteiger partial charge is 0.204 e. The van der Waals surface area contributed by atoms with Crippen LogP contribution in [0.4, 0.5) is 8.78 Å². The van der Waals surface area contributed by atoms with Crippen molar-refractivity contribution in [1.82, 2.24) is 0 Å². The molecule has 1 aromatic carbocycles. The van der Waals surface area contributed by atoms with Crippen molar-refractivity contribution >= 4 is 11.6 Å². The Kier molecular flexibility index (Phi) is 3.86. The molecule has 0 saturated heterocycles. The van der Waals surface area contributed by atoms with Crippen molar-refractivity contribution in [3.05, 3.63) is 48.1 Å². The predicted octanol–water partition coefficient (Wildman–Crippen LogP) is 3.94. The van der Waals surface area contributed by atoms with E-state index in [0.29, 0.717) is 12.3 Å². The predicted molar refractivity (Wildman–Crippen MR) is 59.1 cm³/mol. The molecule has 1 aromatic rings. The molecular weight excluding hydrogens is 218 g/mol. The summed E-state index contributed by atoms with van der Waals surface area (Å²) in [7, 11) is 0. The van der Waals surface area contributed by atoms with E-state index in [9.17, 15) is 8.78 Å². The first-order valence-corrected chi connectivity index (χ1v) is 5.18. The van der Waals surface area contributed by atoms with E-state index in [2.05, 4.69) is 6.58 Å². The Labute approximate surface area is 93.6 Å². The molecule has 0 N–H and O–H groups in total. The van der Waals surface area contributed by atoms with Crippen molar-refractivity contribution in [1.29, 1.82) is 0 Å². The molecule has 0 aromatic heterocycles. The van der Waals surface area contributed by atoms with Crippen LogP contribution in [0.15, 0.2) is 30.9 Å². The highest BCUT2D eigenvalue weighted by molar-refractivity contribution is 6.18. The lowest BCUT2D eigenvalue weighted by molar-refractivity contribution is 0.476. The number of halogens is 3. The molecule has 1 unspecified atom stereocenters. The molecule has 3 heteroatoms. The molecule has 0 aliphatic carbocycles. The summed E-state index contributed by atoms with van der Waals surface area (Å²) < 4.78 is 25.6. The third-order valence-electron chi connectivity index (χ3n) is 2.39. The lowest BCUT2D eigenvalue weighted by Crippen LogP contribution is -2.18. The van der Waals surface area contributed by atoms with E-state index in [1.165, 1.54) is 6.07 Å². The van der Waals surface area contributed by atoms with Gasteiger partial charge in [-0.2, -0.15) is 0 Å². The highest BCUT2D eigenvalue weighted by Gasteiger charge is 2.20. The number of hydrogen-bond acceptors (Lipinski definition) is 0. The molecule has 0 amide bonds. The zero-order chi connectivity index (χ0) is 11.5. The second-order valence-electron chi connectivity index (χ2n) is 3.92. The molecular formula is C12H13ClF2. The van der Waals surface area contributed by atoms with Crippen molar-refractivity contribution < 1.29 is 8.78 Å². The van der Waals surface area contributed by atoms with Crippen LogP contribution >= 0.6 is 11.6 Å². The van der Waals surface area contributed by atoms with Crippen LogP contribution in [0.25, 0.3) is 0 Å². The van der Waals surface area contributed by atoms with E-state index in [1.54, 1.807) is 12.1 Å². The van der Waals surface area contributed by atoms with Crippen LogP contribution in [0.3, 0.4) is 0 Å². The molecule has 15 heavy (non-hydrogen) atoms. The molecule has 0 bridgehead atoms. The Morgan fingerprint density at radius 1 is 1.40 bits per heavy atom.